The Bertz CT molecular complexity index is 1630. The lowest BCUT2D eigenvalue weighted by molar-refractivity contribution is -0.131. The number of methoxy groups -OCH3 is 1. The Balaban J connectivity index is 1.28. The summed E-state index contributed by atoms with van der Waals surface area (Å²) < 4.78 is 39.1. The minimum atomic E-state index is -3.82. The number of nitrogens with zero attached hydrogens (tertiary/aromatic N) is 3. The van der Waals surface area contributed by atoms with Crippen LogP contribution in [0.1, 0.15) is 44.9 Å². The number of halogens is 1. The van der Waals surface area contributed by atoms with Gasteiger partial charge in [-0.1, -0.05) is 23.8 Å². The number of nitrogens with one attached hydrogen (secondary N) is 2. The molecule has 12 nitrogen and oxygen atoms in total. The fourth-order valence-corrected chi connectivity index (χ4v) is 7.60. The molecule has 0 radical (unpaired) electrons. The van der Waals surface area contributed by atoms with Crippen LogP contribution in [0, 0.1) is 5.92 Å². The average molecular weight is 646 g/mol. The number of carbonyl (C=O) groups excluding carboxylic acids is 3. The van der Waals surface area contributed by atoms with Crippen LogP contribution in [0.15, 0.2) is 36.4 Å². The lowest BCUT2D eigenvalue weighted by Crippen LogP contribution is -2.57. The van der Waals surface area contributed by atoms with Crippen molar-refractivity contribution in [2.45, 2.75) is 67.9 Å². The van der Waals surface area contributed by atoms with Crippen molar-refractivity contribution in [2.24, 2.45) is 5.92 Å². The number of sulfonamides is 1. The van der Waals surface area contributed by atoms with Gasteiger partial charge in [0.25, 0.3) is 5.91 Å². The zero-order valence-electron chi connectivity index (χ0n) is 24.6. The van der Waals surface area contributed by atoms with Gasteiger partial charge in [-0.2, -0.15) is 0 Å². The molecular weight excluding hydrogens is 610 g/mol. The lowest BCUT2D eigenvalue weighted by Gasteiger charge is -2.30. The zero-order valence-corrected chi connectivity index (χ0v) is 26.2. The van der Waals surface area contributed by atoms with Crippen molar-refractivity contribution < 1.29 is 32.3 Å². The van der Waals surface area contributed by atoms with Crippen molar-refractivity contribution in [3.63, 3.8) is 0 Å². The first-order valence-electron chi connectivity index (χ1n) is 14.9. The normalized spacial score (nSPS) is 27.7. The third kappa shape index (κ3) is 6.03. The molecule has 44 heavy (non-hydrogen) atoms. The third-order valence-corrected chi connectivity index (χ3v) is 10.8. The summed E-state index contributed by atoms with van der Waals surface area (Å²) in [6.45, 7) is 0.617. The molecule has 6 rings (SSSR count). The average Bonchev–Trinajstić information content (AvgIpc) is 3.91. The summed E-state index contributed by atoms with van der Waals surface area (Å²) >= 11 is 6.31. The lowest BCUT2D eigenvalue weighted by atomic mass is 10.1. The third-order valence-electron chi connectivity index (χ3n) is 8.84. The molecule has 2 aliphatic carbocycles. The van der Waals surface area contributed by atoms with Crippen molar-refractivity contribution in [3.05, 3.63) is 41.6 Å². The van der Waals surface area contributed by atoms with Gasteiger partial charge in [-0.25, -0.2) is 18.2 Å². The van der Waals surface area contributed by atoms with E-state index in [2.05, 4.69) is 15.0 Å². The summed E-state index contributed by atoms with van der Waals surface area (Å²) in [6, 6.07) is 5.80. The van der Waals surface area contributed by atoms with Gasteiger partial charge in [-0.05, 0) is 68.2 Å². The molecule has 0 bridgehead atoms. The largest absolute Gasteiger partial charge is 0.497 e. The Labute approximate surface area is 261 Å². The highest BCUT2D eigenvalue weighted by atomic mass is 35.5. The van der Waals surface area contributed by atoms with Gasteiger partial charge in [0.1, 0.15) is 28.6 Å². The topological polar surface area (TPSA) is 147 Å². The van der Waals surface area contributed by atoms with Crippen molar-refractivity contribution in [1.29, 1.82) is 0 Å². The van der Waals surface area contributed by atoms with E-state index in [0.717, 1.165) is 24.6 Å². The Morgan fingerprint density at radius 3 is 2.75 bits per heavy atom. The van der Waals surface area contributed by atoms with Gasteiger partial charge in [0.15, 0.2) is 0 Å². The van der Waals surface area contributed by atoms with Crippen LogP contribution in [-0.2, 0) is 19.6 Å². The summed E-state index contributed by atoms with van der Waals surface area (Å²) in [6.07, 6.45) is 6.97. The maximum atomic E-state index is 13.9. The second-order valence-electron chi connectivity index (χ2n) is 12.1. The monoisotopic (exact) mass is 645 g/mol. The summed E-state index contributed by atoms with van der Waals surface area (Å²) in [4.78, 5) is 48.4. The number of hydrogen-bond donors (Lipinski definition) is 2. The predicted molar refractivity (Wildman–Crippen MR) is 163 cm³/mol. The number of amides is 4. The molecule has 2 aliphatic heterocycles. The van der Waals surface area contributed by atoms with Crippen molar-refractivity contribution in [2.75, 3.05) is 27.2 Å². The quantitative estimate of drug-likeness (QED) is 0.360. The van der Waals surface area contributed by atoms with Gasteiger partial charge >= 0.3 is 6.03 Å². The van der Waals surface area contributed by atoms with Crippen molar-refractivity contribution in [3.8, 4) is 11.6 Å². The van der Waals surface area contributed by atoms with Gasteiger partial charge in [0.05, 0.1) is 18.9 Å². The Hall–Kier alpha value is -3.58. The van der Waals surface area contributed by atoms with Crippen LogP contribution >= 0.6 is 11.6 Å². The predicted octanol–water partition coefficient (Wildman–Crippen LogP) is 2.99. The molecule has 4 amide bonds. The van der Waals surface area contributed by atoms with E-state index in [4.69, 9.17) is 21.1 Å². The van der Waals surface area contributed by atoms with Crippen LogP contribution in [0.2, 0.25) is 5.15 Å². The molecule has 236 valence electrons. The molecule has 1 aromatic carbocycles. The number of fused-ring (bicyclic) bond motifs is 3. The number of benzene rings is 1. The molecule has 2 N–H and O–H groups in total. The number of carbonyl (C=O) groups is 3. The first-order valence-corrected chi connectivity index (χ1v) is 16.8. The first kappa shape index (κ1) is 30.4. The Morgan fingerprint density at radius 2 is 2.00 bits per heavy atom. The highest BCUT2D eigenvalue weighted by molar-refractivity contribution is 7.91. The van der Waals surface area contributed by atoms with Crippen LogP contribution in [0.5, 0.6) is 11.6 Å². The summed E-state index contributed by atoms with van der Waals surface area (Å²) in [5, 5.41) is 3.94. The molecule has 1 aromatic heterocycles. The second kappa shape index (κ2) is 11.7. The highest BCUT2D eigenvalue weighted by Gasteiger charge is 2.62. The maximum absolute atomic E-state index is 13.9. The minimum absolute atomic E-state index is 0.103. The summed E-state index contributed by atoms with van der Waals surface area (Å²) in [5.41, 5.74) is -1.41. The number of rotatable bonds is 6. The van der Waals surface area contributed by atoms with E-state index in [0.29, 0.717) is 30.5 Å². The molecule has 1 saturated heterocycles. The SMILES string of the molecule is COc1ccc2c(O[C@@H]3C[C@H]4C(=O)N[C@]5(C(=O)NS(=O)(=O)C6CC6)C[C@H]5C=CCCCCN(C)C(=O)N4C3)nc(Cl)cc2c1. The van der Waals surface area contributed by atoms with Crippen LogP contribution in [0.3, 0.4) is 0 Å². The van der Waals surface area contributed by atoms with Gasteiger partial charge in [-0.15, -0.1) is 0 Å². The highest BCUT2D eigenvalue weighted by Crippen LogP contribution is 2.46. The van der Waals surface area contributed by atoms with Crippen LogP contribution in [0.25, 0.3) is 10.8 Å². The molecule has 14 heteroatoms. The second-order valence-corrected chi connectivity index (χ2v) is 14.4. The van der Waals surface area contributed by atoms with E-state index < -0.39 is 44.8 Å². The van der Waals surface area contributed by atoms with E-state index >= 15 is 0 Å². The van der Waals surface area contributed by atoms with Crippen LogP contribution in [-0.4, -0.2) is 91.2 Å². The van der Waals surface area contributed by atoms with E-state index in [1.165, 1.54) is 4.90 Å². The molecular formula is C30H36ClN5O7S. The summed E-state index contributed by atoms with van der Waals surface area (Å²) in [5.74, 6) is -0.739. The number of allylic oxidation sites excluding steroid dienone is 1. The van der Waals surface area contributed by atoms with E-state index in [1.807, 2.05) is 24.3 Å². The Morgan fingerprint density at radius 1 is 1.20 bits per heavy atom. The standard InChI is InChI=1S/C30H36ClN5O7S/c1-35-12-6-4-3-5-7-19-16-30(19,28(38)34-44(40,41)22-9-10-22)33-26(37)24-15-21(17-36(24)29(35)39)43-27-23-11-8-20(42-2)13-18(23)14-25(31)32-27/h5,7-8,11,13-14,19,21-22,24H,3-4,6,9-10,12,15-17H2,1-2H3,(H,33,37)(H,34,38)/t19-,21-,24+,30-/m1/s1. The van der Waals surface area contributed by atoms with Crippen LogP contribution in [0.4, 0.5) is 4.79 Å². The first-order chi connectivity index (χ1) is 21.0. The Kier molecular flexibility index (Phi) is 8.12. The number of pyridine rings is 1. The molecule has 2 aromatic rings. The molecule has 2 saturated carbocycles. The van der Waals surface area contributed by atoms with Crippen LogP contribution < -0.4 is 19.5 Å². The van der Waals surface area contributed by atoms with E-state index in [9.17, 15) is 22.8 Å². The zero-order chi connectivity index (χ0) is 31.2. The fraction of sp³-hybridized carbons (Fsp3) is 0.533. The molecule has 0 spiro atoms. The molecule has 4 atom stereocenters. The molecule has 3 fully saturated rings. The number of urea groups is 1. The van der Waals surface area contributed by atoms with E-state index in [-0.39, 0.29) is 42.4 Å². The number of hydrogen-bond acceptors (Lipinski definition) is 8. The van der Waals surface area contributed by atoms with E-state index in [1.54, 1.807) is 31.2 Å². The van der Waals surface area contributed by atoms with Gasteiger partial charge in [-0.3, -0.25) is 14.3 Å². The maximum Gasteiger partial charge on any atom is 0.320 e. The smallest absolute Gasteiger partial charge is 0.320 e. The summed E-state index contributed by atoms with van der Waals surface area (Å²) in [7, 11) is -0.557. The van der Waals surface area contributed by atoms with Gasteiger partial charge < -0.3 is 24.6 Å². The molecule has 4 aliphatic rings. The fourth-order valence-electron chi connectivity index (χ4n) is 6.04. The van der Waals surface area contributed by atoms with Crippen molar-refractivity contribution >= 4 is 50.2 Å². The number of aromatic nitrogens is 1. The molecule has 3 heterocycles. The van der Waals surface area contributed by atoms with Gasteiger partial charge in [0, 0.05) is 31.3 Å². The molecule has 0 unspecified atom stereocenters. The van der Waals surface area contributed by atoms with Crippen molar-refractivity contribution in [1.82, 2.24) is 24.8 Å². The number of ether oxygens (including phenoxy) is 2. The minimum Gasteiger partial charge on any atom is -0.497 e. The van der Waals surface area contributed by atoms with Gasteiger partial charge in [0.2, 0.25) is 21.8 Å².